The number of methoxy groups -OCH3 is 1. The fourth-order valence-electron chi connectivity index (χ4n) is 4.50. The van der Waals surface area contributed by atoms with Gasteiger partial charge in [-0.2, -0.15) is 0 Å². The molecule has 0 aliphatic carbocycles. The molecule has 192 valence electrons. The van der Waals surface area contributed by atoms with Gasteiger partial charge in [-0.05, 0) is 61.2 Å². The lowest BCUT2D eigenvalue weighted by Crippen LogP contribution is -2.43. The third-order valence-electron chi connectivity index (χ3n) is 6.62. The summed E-state index contributed by atoms with van der Waals surface area (Å²) in [6, 6.07) is 23.5. The predicted molar refractivity (Wildman–Crippen MR) is 148 cm³/mol. The standard InChI is InChI=1S/C31H35N3O3/c1-4-18-34(31(36)25-13-9-23(2)10-14-25)22-30(35)33(21-24-11-15-27(37-3)16-12-24)19-17-26-20-32-29-8-6-5-7-28(26)29/h5-16,20,32H,4,17-19,21-22H2,1-3H3. The van der Waals surface area contributed by atoms with Gasteiger partial charge in [0.2, 0.25) is 5.91 Å². The number of nitrogens with one attached hydrogen (secondary N) is 1. The average molecular weight is 498 g/mol. The molecular formula is C31H35N3O3. The van der Waals surface area contributed by atoms with E-state index in [0.29, 0.717) is 31.6 Å². The predicted octanol–water partition coefficient (Wildman–Crippen LogP) is 5.61. The number of carbonyl (C=O) groups excluding carboxylic acids is 2. The number of para-hydroxylation sites is 1. The first-order chi connectivity index (χ1) is 18.0. The highest BCUT2D eigenvalue weighted by Gasteiger charge is 2.22. The van der Waals surface area contributed by atoms with Crippen LogP contribution in [0.1, 0.15) is 40.4 Å². The molecule has 0 saturated carbocycles. The van der Waals surface area contributed by atoms with Crippen LogP contribution in [0.5, 0.6) is 5.75 Å². The molecule has 4 rings (SSSR count). The summed E-state index contributed by atoms with van der Waals surface area (Å²) in [6.45, 7) is 5.59. The van der Waals surface area contributed by atoms with Gasteiger partial charge in [-0.1, -0.05) is 55.0 Å². The maximum absolute atomic E-state index is 13.7. The first-order valence-electron chi connectivity index (χ1n) is 12.8. The molecule has 37 heavy (non-hydrogen) atoms. The van der Waals surface area contributed by atoms with Crippen LogP contribution >= 0.6 is 0 Å². The minimum absolute atomic E-state index is 0.0462. The lowest BCUT2D eigenvalue weighted by molar-refractivity contribution is -0.132. The van der Waals surface area contributed by atoms with E-state index in [1.807, 2.05) is 85.6 Å². The van der Waals surface area contributed by atoms with E-state index in [9.17, 15) is 9.59 Å². The Balaban J connectivity index is 1.53. The molecule has 6 heteroatoms. The van der Waals surface area contributed by atoms with Crippen molar-refractivity contribution in [3.05, 3.63) is 101 Å². The Bertz CT molecular complexity index is 1330. The summed E-state index contributed by atoms with van der Waals surface area (Å²) < 4.78 is 5.29. The normalized spacial score (nSPS) is 10.9. The summed E-state index contributed by atoms with van der Waals surface area (Å²) in [5, 5.41) is 1.17. The lowest BCUT2D eigenvalue weighted by atomic mass is 10.1. The Kier molecular flexibility index (Phi) is 8.62. The second-order valence-electron chi connectivity index (χ2n) is 9.37. The molecule has 1 aromatic heterocycles. The maximum Gasteiger partial charge on any atom is 0.254 e. The molecule has 0 unspecified atom stereocenters. The number of rotatable bonds is 11. The molecule has 1 heterocycles. The van der Waals surface area contributed by atoms with E-state index in [1.54, 1.807) is 12.0 Å². The second-order valence-corrected chi connectivity index (χ2v) is 9.37. The molecule has 0 fully saturated rings. The van der Waals surface area contributed by atoms with E-state index in [2.05, 4.69) is 17.1 Å². The van der Waals surface area contributed by atoms with Crippen LogP contribution in [0.2, 0.25) is 0 Å². The highest BCUT2D eigenvalue weighted by molar-refractivity contribution is 5.96. The number of carbonyl (C=O) groups is 2. The van der Waals surface area contributed by atoms with Gasteiger partial charge in [0.1, 0.15) is 12.3 Å². The monoisotopic (exact) mass is 497 g/mol. The van der Waals surface area contributed by atoms with Crippen molar-refractivity contribution in [2.24, 2.45) is 0 Å². The molecule has 0 bridgehead atoms. The highest BCUT2D eigenvalue weighted by Crippen LogP contribution is 2.20. The van der Waals surface area contributed by atoms with Crippen molar-refractivity contribution in [2.45, 2.75) is 33.2 Å². The van der Waals surface area contributed by atoms with Gasteiger partial charge >= 0.3 is 0 Å². The van der Waals surface area contributed by atoms with Gasteiger partial charge in [-0.15, -0.1) is 0 Å². The van der Waals surface area contributed by atoms with E-state index in [0.717, 1.165) is 28.8 Å². The van der Waals surface area contributed by atoms with Crippen LogP contribution in [0.3, 0.4) is 0 Å². The summed E-state index contributed by atoms with van der Waals surface area (Å²) >= 11 is 0. The topological polar surface area (TPSA) is 65.6 Å². The lowest BCUT2D eigenvalue weighted by Gasteiger charge is -2.28. The largest absolute Gasteiger partial charge is 0.497 e. The minimum atomic E-state index is -0.115. The average Bonchev–Trinajstić information content (AvgIpc) is 3.34. The van der Waals surface area contributed by atoms with Crippen molar-refractivity contribution in [3.8, 4) is 5.75 Å². The Morgan fingerprint density at radius 3 is 2.32 bits per heavy atom. The Labute approximate surface area is 218 Å². The van der Waals surface area contributed by atoms with Gasteiger partial charge in [0.15, 0.2) is 0 Å². The van der Waals surface area contributed by atoms with Gasteiger partial charge in [-0.25, -0.2) is 0 Å². The van der Waals surface area contributed by atoms with Crippen LogP contribution in [0.4, 0.5) is 0 Å². The molecule has 4 aromatic rings. The summed E-state index contributed by atoms with van der Waals surface area (Å²) in [5.74, 6) is 0.596. The quantitative estimate of drug-likeness (QED) is 0.293. The summed E-state index contributed by atoms with van der Waals surface area (Å²) in [6.07, 6.45) is 3.51. The van der Waals surface area contributed by atoms with E-state index < -0.39 is 0 Å². The number of benzene rings is 3. The summed E-state index contributed by atoms with van der Waals surface area (Å²) in [7, 11) is 1.64. The molecule has 3 aromatic carbocycles. The first kappa shape index (κ1) is 26.0. The zero-order valence-electron chi connectivity index (χ0n) is 21.9. The molecule has 0 spiro atoms. The van der Waals surface area contributed by atoms with Crippen molar-refractivity contribution < 1.29 is 14.3 Å². The number of H-pyrrole nitrogens is 1. The molecule has 0 radical (unpaired) electrons. The van der Waals surface area contributed by atoms with E-state index in [4.69, 9.17) is 4.74 Å². The Morgan fingerprint density at radius 1 is 0.892 bits per heavy atom. The second kappa shape index (κ2) is 12.3. The van der Waals surface area contributed by atoms with E-state index >= 15 is 0 Å². The van der Waals surface area contributed by atoms with E-state index in [1.165, 1.54) is 10.9 Å². The van der Waals surface area contributed by atoms with Crippen molar-refractivity contribution in [1.82, 2.24) is 14.8 Å². The maximum atomic E-state index is 13.7. The fraction of sp³-hybridized carbons (Fsp3) is 0.290. The fourth-order valence-corrected chi connectivity index (χ4v) is 4.50. The highest BCUT2D eigenvalue weighted by atomic mass is 16.5. The Morgan fingerprint density at radius 2 is 1.62 bits per heavy atom. The van der Waals surface area contributed by atoms with Crippen molar-refractivity contribution >= 4 is 22.7 Å². The molecular weight excluding hydrogens is 462 g/mol. The smallest absolute Gasteiger partial charge is 0.254 e. The van der Waals surface area contributed by atoms with Crippen molar-refractivity contribution in [1.29, 1.82) is 0 Å². The number of hydrogen-bond donors (Lipinski definition) is 1. The Hall–Kier alpha value is -4.06. The number of nitrogens with zero attached hydrogens (tertiary/aromatic N) is 2. The van der Waals surface area contributed by atoms with Crippen LogP contribution in [-0.4, -0.2) is 53.3 Å². The van der Waals surface area contributed by atoms with Gasteiger partial charge in [0, 0.05) is 42.3 Å². The minimum Gasteiger partial charge on any atom is -0.497 e. The first-order valence-corrected chi connectivity index (χ1v) is 12.8. The number of ether oxygens (including phenoxy) is 1. The molecule has 0 aliphatic rings. The zero-order chi connectivity index (χ0) is 26.2. The summed E-state index contributed by atoms with van der Waals surface area (Å²) in [4.78, 5) is 33.8. The zero-order valence-corrected chi connectivity index (χ0v) is 21.9. The number of amides is 2. The molecule has 0 aliphatic heterocycles. The van der Waals surface area contributed by atoms with Crippen LogP contribution in [0, 0.1) is 6.92 Å². The van der Waals surface area contributed by atoms with Crippen LogP contribution in [-0.2, 0) is 17.8 Å². The molecule has 2 amide bonds. The number of aromatic nitrogens is 1. The SMILES string of the molecule is CCCN(CC(=O)N(CCc1c[nH]c2ccccc12)Cc1ccc(OC)cc1)C(=O)c1ccc(C)cc1. The van der Waals surface area contributed by atoms with E-state index in [-0.39, 0.29) is 18.4 Å². The van der Waals surface area contributed by atoms with Crippen LogP contribution < -0.4 is 4.74 Å². The van der Waals surface area contributed by atoms with Gasteiger partial charge in [-0.3, -0.25) is 9.59 Å². The van der Waals surface area contributed by atoms with Crippen molar-refractivity contribution in [2.75, 3.05) is 26.7 Å². The van der Waals surface area contributed by atoms with Crippen LogP contribution in [0.15, 0.2) is 79.0 Å². The number of aromatic amines is 1. The van der Waals surface area contributed by atoms with Crippen LogP contribution in [0.25, 0.3) is 10.9 Å². The molecule has 1 N–H and O–H groups in total. The summed E-state index contributed by atoms with van der Waals surface area (Å²) in [5.41, 5.74) is 4.97. The van der Waals surface area contributed by atoms with Gasteiger partial charge in [0.25, 0.3) is 5.91 Å². The van der Waals surface area contributed by atoms with Gasteiger partial charge < -0.3 is 19.5 Å². The third kappa shape index (κ3) is 6.58. The molecule has 6 nitrogen and oxygen atoms in total. The third-order valence-corrected chi connectivity index (χ3v) is 6.62. The van der Waals surface area contributed by atoms with Crippen molar-refractivity contribution in [3.63, 3.8) is 0 Å². The molecule has 0 saturated heterocycles. The molecule has 0 atom stereocenters. The number of aryl methyl sites for hydroxylation is 1. The number of hydrogen-bond acceptors (Lipinski definition) is 3. The number of fused-ring (bicyclic) bond motifs is 1. The van der Waals surface area contributed by atoms with Gasteiger partial charge in [0.05, 0.1) is 7.11 Å².